The van der Waals surface area contributed by atoms with Crippen molar-refractivity contribution in [1.29, 1.82) is 0 Å². The minimum atomic E-state index is 0.0129. The van der Waals surface area contributed by atoms with Crippen molar-refractivity contribution in [3.05, 3.63) is 35.9 Å². The van der Waals surface area contributed by atoms with Crippen LogP contribution in [0.25, 0.3) is 0 Å². The Labute approximate surface area is 126 Å². The van der Waals surface area contributed by atoms with Crippen LogP contribution in [-0.2, 0) is 11.3 Å². The summed E-state index contributed by atoms with van der Waals surface area (Å²) in [6, 6.07) is 10.5. The Balaban J connectivity index is 1.74. The molecule has 1 fully saturated rings. The molecule has 2 rings (SSSR count). The fraction of sp³-hybridized carbons (Fsp3) is 0.562. The van der Waals surface area contributed by atoms with Crippen LogP contribution in [0.3, 0.4) is 0 Å². The van der Waals surface area contributed by atoms with Gasteiger partial charge in [0.25, 0.3) is 0 Å². The molecule has 0 bridgehead atoms. The van der Waals surface area contributed by atoms with Crippen LogP contribution in [0.2, 0.25) is 0 Å². The van der Waals surface area contributed by atoms with Gasteiger partial charge in [0.2, 0.25) is 0 Å². The molecule has 1 aromatic carbocycles. The molecule has 116 valence electrons. The number of hydrogen-bond donors (Lipinski definition) is 1. The van der Waals surface area contributed by atoms with Crippen LogP contribution >= 0.6 is 0 Å². The third-order valence-electron chi connectivity index (χ3n) is 3.70. The fourth-order valence-electron chi connectivity index (χ4n) is 2.54. The zero-order valence-corrected chi connectivity index (χ0v) is 12.9. The molecule has 0 spiro atoms. The number of ether oxygens (including phenoxy) is 1. The van der Waals surface area contributed by atoms with Crippen LogP contribution < -0.4 is 5.32 Å². The standard InChI is InChI=1S/C16H25N3O2/c1-14(13-21-2)17-16(20)19-10-8-18(9-11-19)12-15-6-4-3-5-7-15/h3-7,14H,8-13H2,1-2H3,(H,17,20). The molecular formula is C16H25N3O2. The predicted octanol–water partition coefficient (Wildman–Crippen LogP) is 1.55. The molecule has 1 aromatic rings. The van der Waals surface area contributed by atoms with E-state index in [4.69, 9.17) is 4.74 Å². The highest BCUT2D eigenvalue weighted by Crippen LogP contribution is 2.08. The summed E-state index contributed by atoms with van der Waals surface area (Å²) in [6.07, 6.45) is 0. The molecule has 1 aliphatic heterocycles. The molecule has 1 atom stereocenters. The number of benzene rings is 1. The Kier molecular flexibility index (Phi) is 6.02. The number of nitrogens with zero attached hydrogens (tertiary/aromatic N) is 2. The molecule has 1 N–H and O–H groups in total. The van der Waals surface area contributed by atoms with Crippen LogP contribution in [0.4, 0.5) is 4.79 Å². The maximum Gasteiger partial charge on any atom is 0.317 e. The molecule has 1 saturated heterocycles. The van der Waals surface area contributed by atoms with Gasteiger partial charge in [0.15, 0.2) is 0 Å². The van der Waals surface area contributed by atoms with Crippen molar-refractivity contribution in [3.8, 4) is 0 Å². The van der Waals surface area contributed by atoms with Crippen molar-refractivity contribution in [1.82, 2.24) is 15.1 Å². The van der Waals surface area contributed by atoms with Gasteiger partial charge in [-0.1, -0.05) is 30.3 Å². The van der Waals surface area contributed by atoms with E-state index >= 15 is 0 Å². The van der Waals surface area contributed by atoms with E-state index in [-0.39, 0.29) is 12.1 Å². The summed E-state index contributed by atoms with van der Waals surface area (Å²) in [5.74, 6) is 0. The van der Waals surface area contributed by atoms with Gasteiger partial charge >= 0.3 is 6.03 Å². The smallest absolute Gasteiger partial charge is 0.317 e. The molecule has 21 heavy (non-hydrogen) atoms. The molecule has 1 heterocycles. The summed E-state index contributed by atoms with van der Waals surface area (Å²) >= 11 is 0. The highest BCUT2D eigenvalue weighted by atomic mass is 16.5. The predicted molar refractivity (Wildman–Crippen MR) is 83.2 cm³/mol. The Morgan fingerprint density at radius 2 is 1.90 bits per heavy atom. The van der Waals surface area contributed by atoms with E-state index in [2.05, 4.69) is 34.5 Å². The van der Waals surface area contributed by atoms with Gasteiger partial charge in [0.05, 0.1) is 12.6 Å². The molecule has 0 aromatic heterocycles. The van der Waals surface area contributed by atoms with Gasteiger partial charge < -0.3 is 15.0 Å². The van der Waals surface area contributed by atoms with Crippen LogP contribution in [0, 0.1) is 0 Å². The zero-order valence-electron chi connectivity index (χ0n) is 12.9. The molecule has 2 amide bonds. The van der Waals surface area contributed by atoms with Gasteiger partial charge in [-0.25, -0.2) is 4.79 Å². The van der Waals surface area contributed by atoms with E-state index in [1.807, 2.05) is 17.9 Å². The first-order chi connectivity index (χ1) is 10.2. The van der Waals surface area contributed by atoms with E-state index in [1.165, 1.54) is 5.56 Å². The van der Waals surface area contributed by atoms with E-state index in [9.17, 15) is 4.79 Å². The molecule has 5 nitrogen and oxygen atoms in total. The fourth-order valence-corrected chi connectivity index (χ4v) is 2.54. The zero-order chi connectivity index (χ0) is 15.1. The van der Waals surface area contributed by atoms with Crippen molar-refractivity contribution in [2.75, 3.05) is 39.9 Å². The van der Waals surface area contributed by atoms with E-state index in [1.54, 1.807) is 7.11 Å². The number of carbonyl (C=O) groups excluding carboxylic acids is 1. The average Bonchev–Trinajstić information content (AvgIpc) is 2.49. The second-order valence-electron chi connectivity index (χ2n) is 5.55. The highest BCUT2D eigenvalue weighted by molar-refractivity contribution is 5.74. The number of nitrogens with one attached hydrogen (secondary N) is 1. The van der Waals surface area contributed by atoms with Gasteiger partial charge in [-0.15, -0.1) is 0 Å². The number of hydrogen-bond acceptors (Lipinski definition) is 3. The number of rotatable bonds is 5. The van der Waals surface area contributed by atoms with Crippen LogP contribution in [0.5, 0.6) is 0 Å². The van der Waals surface area contributed by atoms with Gasteiger partial charge in [0.1, 0.15) is 0 Å². The van der Waals surface area contributed by atoms with Crippen molar-refractivity contribution >= 4 is 6.03 Å². The number of carbonyl (C=O) groups is 1. The maximum absolute atomic E-state index is 12.1. The van der Waals surface area contributed by atoms with Crippen molar-refractivity contribution in [2.24, 2.45) is 0 Å². The maximum atomic E-state index is 12.1. The number of piperazine rings is 1. The van der Waals surface area contributed by atoms with Crippen molar-refractivity contribution < 1.29 is 9.53 Å². The monoisotopic (exact) mass is 291 g/mol. The minimum absolute atomic E-state index is 0.0129. The lowest BCUT2D eigenvalue weighted by atomic mass is 10.2. The number of urea groups is 1. The lowest BCUT2D eigenvalue weighted by Crippen LogP contribution is -2.53. The van der Waals surface area contributed by atoms with Gasteiger partial charge in [0, 0.05) is 39.8 Å². The average molecular weight is 291 g/mol. The van der Waals surface area contributed by atoms with Gasteiger partial charge in [-0.2, -0.15) is 0 Å². The Bertz CT molecular complexity index is 430. The third-order valence-corrected chi connectivity index (χ3v) is 3.70. The van der Waals surface area contributed by atoms with E-state index < -0.39 is 0 Å². The summed E-state index contributed by atoms with van der Waals surface area (Å²) in [5, 5.41) is 2.96. The minimum Gasteiger partial charge on any atom is -0.383 e. The van der Waals surface area contributed by atoms with Crippen LogP contribution in [-0.4, -0.2) is 61.8 Å². The SMILES string of the molecule is COCC(C)NC(=O)N1CCN(Cc2ccccc2)CC1. The number of amides is 2. The quantitative estimate of drug-likeness (QED) is 0.895. The Morgan fingerprint density at radius 1 is 1.24 bits per heavy atom. The summed E-state index contributed by atoms with van der Waals surface area (Å²) in [7, 11) is 1.64. The van der Waals surface area contributed by atoms with Crippen LogP contribution in [0.15, 0.2) is 30.3 Å². The van der Waals surface area contributed by atoms with Crippen molar-refractivity contribution in [2.45, 2.75) is 19.5 Å². The summed E-state index contributed by atoms with van der Waals surface area (Å²) < 4.78 is 5.03. The second kappa shape index (κ2) is 8.00. The first-order valence-corrected chi connectivity index (χ1v) is 7.49. The van der Waals surface area contributed by atoms with Gasteiger partial charge in [-0.05, 0) is 12.5 Å². The Morgan fingerprint density at radius 3 is 2.52 bits per heavy atom. The Hall–Kier alpha value is -1.59. The van der Waals surface area contributed by atoms with E-state index in [0.29, 0.717) is 6.61 Å². The first-order valence-electron chi connectivity index (χ1n) is 7.49. The molecule has 0 aliphatic carbocycles. The second-order valence-corrected chi connectivity index (χ2v) is 5.55. The number of methoxy groups -OCH3 is 1. The largest absolute Gasteiger partial charge is 0.383 e. The van der Waals surface area contributed by atoms with Crippen LogP contribution in [0.1, 0.15) is 12.5 Å². The topological polar surface area (TPSA) is 44.8 Å². The summed E-state index contributed by atoms with van der Waals surface area (Å²) in [6.45, 7) is 6.84. The first kappa shape index (κ1) is 15.8. The molecule has 5 heteroatoms. The molecular weight excluding hydrogens is 266 g/mol. The lowest BCUT2D eigenvalue weighted by Gasteiger charge is -2.35. The third kappa shape index (κ3) is 5.02. The lowest BCUT2D eigenvalue weighted by molar-refractivity contribution is 0.126. The normalized spacial score (nSPS) is 17.5. The molecule has 1 unspecified atom stereocenters. The molecule has 0 saturated carbocycles. The highest BCUT2D eigenvalue weighted by Gasteiger charge is 2.21. The van der Waals surface area contributed by atoms with Crippen molar-refractivity contribution in [3.63, 3.8) is 0 Å². The van der Waals surface area contributed by atoms with E-state index in [0.717, 1.165) is 32.7 Å². The molecule has 1 aliphatic rings. The summed E-state index contributed by atoms with van der Waals surface area (Å²) in [5.41, 5.74) is 1.32. The molecule has 0 radical (unpaired) electrons. The summed E-state index contributed by atoms with van der Waals surface area (Å²) in [4.78, 5) is 16.4. The van der Waals surface area contributed by atoms with Gasteiger partial charge in [-0.3, -0.25) is 4.90 Å².